The molecule has 0 unspecified atom stereocenters. The van der Waals surface area contributed by atoms with Crippen molar-refractivity contribution < 1.29 is 14.3 Å². The van der Waals surface area contributed by atoms with Crippen LogP contribution >= 0.6 is 0 Å². The van der Waals surface area contributed by atoms with Crippen LogP contribution in [0.5, 0.6) is 0 Å². The Balaban J connectivity index is 1.59. The predicted molar refractivity (Wildman–Crippen MR) is 129 cm³/mol. The van der Waals surface area contributed by atoms with Crippen molar-refractivity contribution >= 4 is 17.6 Å². The van der Waals surface area contributed by atoms with Crippen molar-refractivity contribution in [1.29, 1.82) is 0 Å². The van der Waals surface area contributed by atoms with Crippen molar-refractivity contribution in [2.45, 2.75) is 58.5 Å². The minimum atomic E-state index is -0.358. The molecule has 2 aliphatic rings. The first-order valence-electron chi connectivity index (χ1n) is 11.9. The Morgan fingerprint density at radius 2 is 1.67 bits per heavy atom. The molecule has 2 heterocycles. The number of rotatable bonds is 6. The molecule has 2 aromatic carbocycles. The number of hydrogen-bond acceptors (Lipinski definition) is 5. The Kier molecular flexibility index (Phi) is 7.23. The second-order valence-electron chi connectivity index (χ2n) is 9.02. The van der Waals surface area contributed by atoms with Crippen LogP contribution in [-0.4, -0.2) is 53.2 Å². The summed E-state index contributed by atoms with van der Waals surface area (Å²) in [6.45, 7) is 7.16. The molecule has 2 aliphatic heterocycles. The van der Waals surface area contributed by atoms with Gasteiger partial charge in [-0.25, -0.2) is 5.01 Å². The van der Waals surface area contributed by atoms with E-state index in [1.807, 2.05) is 11.8 Å². The van der Waals surface area contributed by atoms with Gasteiger partial charge in [0.15, 0.2) is 0 Å². The van der Waals surface area contributed by atoms with Crippen molar-refractivity contribution in [2.24, 2.45) is 5.10 Å². The van der Waals surface area contributed by atoms with Gasteiger partial charge in [0, 0.05) is 6.42 Å². The number of carbonyl (C=O) groups excluding carboxylic acids is 2. The van der Waals surface area contributed by atoms with Crippen LogP contribution < -0.4 is 0 Å². The van der Waals surface area contributed by atoms with Crippen LogP contribution in [0, 0.1) is 13.8 Å². The molecule has 0 aromatic heterocycles. The zero-order chi connectivity index (χ0) is 23.4. The molecule has 0 aliphatic carbocycles. The van der Waals surface area contributed by atoms with Crippen molar-refractivity contribution in [3.8, 4) is 0 Å². The van der Waals surface area contributed by atoms with E-state index in [4.69, 9.17) is 9.84 Å². The van der Waals surface area contributed by atoms with Crippen molar-refractivity contribution in [3.05, 3.63) is 70.8 Å². The van der Waals surface area contributed by atoms with E-state index in [9.17, 15) is 9.59 Å². The maximum absolute atomic E-state index is 13.5. The molecule has 1 fully saturated rings. The standard InChI is InChI=1S/C27H33N3O3/c1-4-33-27(32)24-7-5-6-16-29(24)18-26(31)30-25(22-14-10-20(3)11-15-22)17-23(28-30)21-12-8-19(2)9-13-21/h8-15,24-25H,4-7,16-18H2,1-3H3/t24-,25-/m0/s1. The molecule has 1 amide bonds. The minimum absolute atomic E-state index is 0.0844. The number of nitrogens with zero attached hydrogens (tertiary/aromatic N) is 3. The Morgan fingerprint density at radius 1 is 1.00 bits per heavy atom. The summed E-state index contributed by atoms with van der Waals surface area (Å²) in [6, 6.07) is 16.1. The number of hydrazone groups is 1. The van der Waals surface area contributed by atoms with Crippen LogP contribution in [0.15, 0.2) is 53.6 Å². The van der Waals surface area contributed by atoms with Gasteiger partial charge >= 0.3 is 5.97 Å². The SMILES string of the molecule is CCOC(=O)[C@@H]1CCCCN1CC(=O)N1N=C(c2ccc(C)cc2)C[C@H]1c1ccc(C)cc1. The Morgan fingerprint density at radius 3 is 2.33 bits per heavy atom. The minimum Gasteiger partial charge on any atom is -0.465 e. The summed E-state index contributed by atoms with van der Waals surface area (Å²) >= 11 is 0. The van der Waals surface area contributed by atoms with Gasteiger partial charge in [-0.15, -0.1) is 0 Å². The first-order chi connectivity index (χ1) is 16.0. The summed E-state index contributed by atoms with van der Waals surface area (Å²) in [7, 11) is 0. The van der Waals surface area contributed by atoms with Gasteiger partial charge < -0.3 is 4.74 Å². The van der Waals surface area contributed by atoms with Gasteiger partial charge in [0.25, 0.3) is 5.91 Å². The van der Waals surface area contributed by atoms with Crippen molar-refractivity contribution in [1.82, 2.24) is 9.91 Å². The van der Waals surface area contributed by atoms with E-state index in [1.165, 1.54) is 11.1 Å². The fourth-order valence-electron chi connectivity index (χ4n) is 4.64. The number of aryl methyl sites for hydroxylation is 2. The van der Waals surface area contributed by atoms with E-state index in [0.29, 0.717) is 19.6 Å². The fraction of sp³-hybridized carbons (Fsp3) is 0.444. The highest BCUT2D eigenvalue weighted by molar-refractivity contribution is 6.03. The van der Waals surface area contributed by atoms with Gasteiger partial charge in [-0.2, -0.15) is 5.10 Å². The van der Waals surface area contributed by atoms with Crippen LogP contribution in [0.4, 0.5) is 0 Å². The van der Waals surface area contributed by atoms with Gasteiger partial charge in [-0.3, -0.25) is 14.5 Å². The maximum Gasteiger partial charge on any atom is 0.323 e. The highest BCUT2D eigenvalue weighted by Crippen LogP contribution is 2.33. The van der Waals surface area contributed by atoms with Gasteiger partial charge in [0.05, 0.1) is 24.9 Å². The average Bonchev–Trinajstić information content (AvgIpc) is 3.26. The topological polar surface area (TPSA) is 62.2 Å². The summed E-state index contributed by atoms with van der Waals surface area (Å²) in [5.74, 6) is -0.316. The average molecular weight is 448 g/mol. The highest BCUT2D eigenvalue weighted by Gasteiger charge is 2.37. The van der Waals surface area contributed by atoms with Gasteiger partial charge in [-0.05, 0) is 51.3 Å². The smallest absolute Gasteiger partial charge is 0.323 e. The first-order valence-corrected chi connectivity index (χ1v) is 11.9. The number of esters is 1. The van der Waals surface area contributed by atoms with Crippen LogP contribution in [0.2, 0.25) is 0 Å². The van der Waals surface area contributed by atoms with Crippen LogP contribution in [0.3, 0.4) is 0 Å². The summed E-state index contributed by atoms with van der Waals surface area (Å²) in [6.07, 6.45) is 3.34. The summed E-state index contributed by atoms with van der Waals surface area (Å²) in [4.78, 5) is 28.0. The van der Waals surface area contributed by atoms with E-state index in [-0.39, 0.29) is 30.5 Å². The Labute approximate surface area is 196 Å². The third-order valence-electron chi connectivity index (χ3n) is 6.52. The predicted octanol–water partition coefficient (Wildman–Crippen LogP) is 4.40. The molecule has 4 rings (SSSR count). The second-order valence-corrected chi connectivity index (χ2v) is 9.02. The van der Waals surface area contributed by atoms with E-state index >= 15 is 0 Å². The largest absolute Gasteiger partial charge is 0.465 e. The molecular weight excluding hydrogens is 414 g/mol. The second kappa shape index (κ2) is 10.3. The zero-order valence-electron chi connectivity index (χ0n) is 19.8. The quantitative estimate of drug-likeness (QED) is 0.616. The lowest BCUT2D eigenvalue weighted by Crippen LogP contribution is -2.49. The molecular formula is C27H33N3O3. The molecule has 0 saturated carbocycles. The van der Waals surface area contributed by atoms with Crippen molar-refractivity contribution in [2.75, 3.05) is 19.7 Å². The summed E-state index contributed by atoms with van der Waals surface area (Å²) in [5.41, 5.74) is 5.39. The molecule has 1 saturated heterocycles. The normalized spacial score (nSPS) is 21.1. The number of hydrogen-bond donors (Lipinski definition) is 0. The zero-order valence-corrected chi connectivity index (χ0v) is 19.8. The molecule has 0 bridgehead atoms. The fourth-order valence-corrected chi connectivity index (χ4v) is 4.64. The van der Waals surface area contributed by atoms with Gasteiger partial charge in [-0.1, -0.05) is 66.1 Å². The van der Waals surface area contributed by atoms with Gasteiger partial charge in [0.2, 0.25) is 0 Å². The van der Waals surface area contributed by atoms with Crippen LogP contribution in [0.25, 0.3) is 0 Å². The molecule has 6 nitrogen and oxygen atoms in total. The number of amides is 1. The lowest BCUT2D eigenvalue weighted by atomic mass is 9.97. The molecule has 0 N–H and O–H groups in total. The molecule has 2 atom stereocenters. The third kappa shape index (κ3) is 5.33. The molecule has 174 valence electrons. The number of likely N-dealkylation sites (tertiary alicyclic amines) is 1. The van der Waals surface area contributed by atoms with E-state index in [0.717, 1.165) is 36.1 Å². The number of carbonyl (C=O) groups is 2. The van der Waals surface area contributed by atoms with Crippen molar-refractivity contribution in [3.63, 3.8) is 0 Å². The first kappa shape index (κ1) is 23.2. The molecule has 2 aromatic rings. The lowest BCUT2D eigenvalue weighted by Gasteiger charge is -2.34. The monoisotopic (exact) mass is 447 g/mol. The number of benzene rings is 2. The number of piperidine rings is 1. The van der Waals surface area contributed by atoms with Crippen LogP contribution in [0.1, 0.15) is 60.9 Å². The summed E-state index contributed by atoms with van der Waals surface area (Å²) < 4.78 is 5.27. The number of ether oxygens (including phenoxy) is 1. The van der Waals surface area contributed by atoms with E-state index < -0.39 is 0 Å². The highest BCUT2D eigenvalue weighted by atomic mass is 16.5. The van der Waals surface area contributed by atoms with E-state index in [1.54, 1.807) is 5.01 Å². The van der Waals surface area contributed by atoms with Crippen LogP contribution in [-0.2, 0) is 14.3 Å². The maximum atomic E-state index is 13.5. The third-order valence-corrected chi connectivity index (χ3v) is 6.52. The molecule has 0 spiro atoms. The Bertz CT molecular complexity index is 1010. The molecule has 6 heteroatoms. The lowest BCUT2D eigenvalue weighted by molar-refractivity contribution is -0.152. The molecule has 0 radical (unpaired) electrons. The van der Waals surface area contributed by atoms with Gasteiger partial charge in [0.1, 0.15) is 6.04 Å². The van der Waals surface area contributed by atoms with E-state index in [2.05, 4.69) is 62.4 Å². The summed E-state index contributed by atoms with van der Waals surface area (Å²) in [5, 5.41) is 6.43. The Hall–Kier alpha value is -2.99. The molecule has 33 heavy (non-hydrogen) atoms.